The maximum absolute atomic E-state index is 7.25. The van der Waals surface area contributed by atoms with Crippen molar-refractivity contribution < 1.29 is 13.9 Å². The summed E-state index contributed by atoms with van der Waals surface area (Å²) >= 11 is -2.66. The number of ether oxygens (including phenoxy) is 2. The van der Waals surface area contributed by atoms with Gasteiger partial charge in [-0.1, -0.05) is 0 Å². The van der Waals surface area contributed by atoms with Crippen LogP contribution in [-0.2, 0) is 13.9 Å². The molecule has 0 aliphatic carbocycles. The Hall–Kier alpha value is -1.36. The molecule has 0 bridgehead atoms. The van der Waals surface area contributed by atoms with Gasteiger partial charge in [-0.2, -0.15) is 0 Å². The van der Waals surface area contributed by atoms with Crippen molar-refractivity contribution in [2.75, 3.05) is 13.9 Å². The van der Waals surface area contributed by atoms with Gasteiger partial charge in [0.05, 0.1) is 0 Å². The summed E-state index contributed by atoms with van der Waals surface area (Å²) in [6.07, 6.45) is 20.0. The van der Waals surface area contributed by atoms with Gasteiger partial charge in [0.1, 0.15) is 0 Å². The predicted octanol–water partition coefficient (Wildman–Crippen LogP) is 9.28. The first-order valence-electron chi connectivity index (χ1n) is 16.8. The zero-order valence-electron chi connectivity index (χ0n) is 28.4. The molecule has 2 atom stereocenters. The molecule has 0 N–H and O–H groups in total. The minimum absolute atomic E-state index is 0.106. The molecule has 5 heteroatoms. The molecular formula is C38H60O3SiSn. The topological polar surface area (TPSA) is 27.7 Å². The molecule has 43 heavy (non-hydrogen) atoms. The summed E-state index contributed by atoms with van der Waals surface area (Å²) in [4.78, 5) is 0. The first-order chi connectivity index (χ1) is 20.7. The normalized spacial score (nSPS) is 14.1. The van der Waals surface area contributed by atoms with Crippen LogP contribution in [0.3, 0.4) is 0 Å². The van der Waals surface area contributed by atoms with Crippen molar-refractivity contribution in [2.45, 2.75) is 121 Å². The van der Waals surface area contributed by atoms with Crippen LogP contribution in [0.25, 0.3) is 0 Å². The molecule has 0 aliphatic heterocycles. The number of terminal acetylenes is 1. The SMILES string of the molecule is C#C[C@H](CC/C=C/[C@H](OCOC)[Sn]([CH2]CCC)([CH2]CCC)[CH2]CCC)O[Si](c1ccccc1)(c1ccccc1)C(C)(C)C. The van der Waals surface area contributed by atoms with Crippen molar-refractivity contribution >= 4 is 37.1 Å². The van der Waals surface area contributed by atoms with Crippen LogP contribution in [0, 0.1) is 12.3 Å². The Balaban J connectivity index is 2.37. The second-order valence-corrected chi connectivity index (χ2v) is 31.0. The van der Waals surface area contributed by atoms with Gasteiger partial charge in [0.25, 0.3) is 0 Å². The van der Waals surface area contributed by atoms with Crippen molar-refractivity contribution in [3.05, 3.63) is 72.8 Å². The molecule has 0 aromatic heterocycles. The molecule has 0 aliphatic rings. The molecule has 3 nitrogen and oxygen atoms in total. The molecule has 0 saturated carbocycles. The number of rotatable bonds is 21. The van der Waals surface area contributed by atoms with Gasteiger partial charge in [-0.15, -0.1) is 0 Å². The van der Waals surface area contributed by atoms with E-state index >= 15 is 0 Å². The van der Waals surface area contributed by atoms with E-state index in [2.05, 4.69) is 120 Å². The van der Waals surface area contributed by atoms with Crippen LogP contribution in [0.15, 0.2) is 72.8 Å². The summed E-state index contributed by atoms with van der Waals surface area (Å²) in [7, 11) is -0.967. The molecule has 0 fully saturated rings. The molecule has 2 aromatic carbocycles. The fourth-order valence-corrected chi connectivity index (χ4v) is 27.5. The molecule has 2 rings (SSSR count). The first kappa shape index (κ1) is 37.8. The first-order valence-corrected chi connectivity index (χ1v) is 26.4. The van der Waals surface area contributed by atoms with E-state index in [1.807, 2.05) is 0 Å². The summed E-state index contributed by atoms with van der Waals surface area (Å²) in [5.74, 6) is 3.05. The van der Waals surface area contributed by atoms with Gasteiger partial charge in [0.15, 0.2) is 0 Å². The summed E-state index contributed by atoms with van der Waals surface area (Å²) in [5, 5.41) is 2.42. The molecule has 0 amide bonds. The molecule has 0 saturated heterocycles. The number of benzene rings is 2. The van der Waals surface area contributed by atoms with E-state index in [9.17, 15) is 0 Å². The Morgan fingerprint density at radius 2 is 1.33 bits per heavy atom. The molecular weight excluding hydrogens is 651 g/mol. The van der Waals surface area contributed by atoms with Crippen molar-refractivity contribution in [1.29, 1.82) is 0 Å². The molecule has 0 unspecified atom stereocenters. The van der Waals surface area contributed by atoms with Gasteiger partial charge in [-0.25, -0.2) is 0 Å². The number of methoxy groups -OCH3 is 1. The van der Waals surface area contributed by atoms with Crippen molar-refractivity contribution in [3.8, 4) is 12.3 Å². The second kappa shape index (κ2) is 19.9. The van der Waals surface area contributed by atoms with Crippen LogP contribution >= 0.6 is 0 Å². The third kappa shape index (κ3) is 10.9. The van der Waals surface area contributed by atoms with Crippen LogP contribution in [-0.4, -0.2) is 50.8 Å². The average molecular weight is 712 g/mol. The van der Waals surface area contributed by atoms with Crippen LogP contribution in [0.2, 0.25) is 18.3 Å². The van der Waals surface area contributed by atoms with Crippen LogP contribution in [0.5, 0.6) is 0 Å². The average Bonchev–Trinajstić information content (AvgIpc) is 3.02. The maximum atomic E-state index is 7.25. The summed E-state index contributed by atoms with van der Waals surface area (Å²) < 4.78 is 23.7. The summed E-state index contributed by atoms with van der Waals surface area (Å²) in [6, 6.07) is 21.6. The fourth-order valence-electron chi connectivity index (χ4n) is 6.51. The number of unbranched alkanes of at least 4 members (excludes halogenated alkanes) is 3. The summed E-state index contributed by atoms with van der Waals surface area (Å²) in [6.45, 7) is 14.2. The van der Waals surface area contributed by atoms with Gasteiger partial charge in [-0.05, 0) is 0 Å². The van der Waals surface area contributed by atoms with Crippen molar-refractivity contribution in [3.63, 3.8) is 0 Å². The van der Waals surface area contributed by atoms with E-state index < -0.39 is 26.7 Å². The van der Waals surface area contributed by atoms with Gasteiger partial charge in [0.2, 0.25) is 0 Å². The Morgan fingerprint density at radius 3 is 1.72 bits per heavy atom. The summed E-state index contributed by atoms with van der Waals surface area (Å²) in [5.41, 5.74) is 0. The molecule has 0 radical (unpaired) electrons. The quantitative estimate of drug-likeness (QED) is 0.0560. The number of hydrogen-bond acceptors (Lipinski definition) is 3. The van der Waals surface area contributed by atoms with Gasteiger partial charge < -0.3 is 0 Å². The number of hydrogen-bond donors (Lipinski definition) is 0. The van der Waals surface area contributed by atoms with Crippen molar-refractivity contribution in [2.24, 2.45) is 0 Å². The predicted molar refractivity (Wildman–Crippen MR) is 191 cm³/mol. The zero-order chi connectivity index (χ0) is 31.6. The van der Waals surface area contributed by atoms with E-state index in [0.717, 1.165) is 12.8 Å². The number of allylic oxidation sites excluding steroid dienone is 1. The fraction of sp³-hybridized carbons (Fsp3) is 0.579. The van der Waals surface area contributed by atoms with E-state index in [4.69, 9.17) is 20.3 Å². The van der Waals surface area contributed by atoms with Gasteiger partial charge in [0, 0.05) is 0 Å². The Labute approximate surface area is 270 Å². The zero-order valence-corrected chi connectivity index (χ0v) is 32.2. The Bertz CT molecular complexity index is 1010. The molecule has 238 valence electrons. The molecule has 2 aromatic rings. The van der Waals surface area contributed by atoms with Crippen molar-refractivity contribution in [1.82, 2.24) is 0 Å². The Kier molecular flexibility index (Phi) is 17.5. The van der Waals surface area contributed by atoms with E-state index in [1.165, 1.54) is 62.2 Å². The molecule has 0 spiro atoms. The standard InChI is InChI=1S/C26H33O3Si.3C4H9.Sn/c1-6-23(16-10-9-15-21-28-22-27-5)29-30(26(2,3)4,24-17-11-7-12-18-24)25-19-13-8-14-20-25;3*1-3-4-2;/h1,7-9,11-15,17-21,23H,10,16,22H2,2-5H3;3*1,3-4H2,2H3;/b15-9+;;;;/t23-;;;;/m1..../s1. The van der Waals surface area contributed by atoms with Crippen LogP contribution in [0.4, 0.5) is 0 Å². The third-order valence-corrected chi connectivity index (χ3v) is 29.9. The van der Waals surface area contributed by atoms with E-state index in [0.29, 0.717) is 6.79 Å². The monoisotopic (exact) mass is 712 g/mol. The third-order valence-electron chi connectivity index (χ3n) is 8.88. The molecule has 0 heterocycles. The van der Waals surface area contributed by atoms with Gasteiger partial charge >= 0.3 is 272 Å². The van der Waals surface area contributed by atoms with Gasteiger partial charge in [-0.3, -0.25) is 0 Å². The van der Waals surface area contributed by atoms with E-state index in [1.54, 1.807) is 7.11 Å². The van der Waals surface area contributed by atoms with Crippen LogP contribution < -0.4 is 10.4 Å². The minimum atomic E-state index is -2.71. The second-order valence-electron chi connectivity index (χ2n) is 13.1. The Morgan fingerprint density at radius 1 is 0.837 bits per heavy atom. The van der Waals surface area contributed by atoms with E-state index in [-0.39, 0.29) is 15.3 Å². The van der Waals surface area contributed by atoms with Crippen LogP contribution in [0.1, 0.15) is 92.9 Å².